The van der Waals surface area contributed by atoms with E-state index in [1.54, 1.807) is 0 Å². The molecule has 136 valence electrons. The second kappa shape index (κ2) is 8.00. The van der Waals surface area contributed by atoms with Crippen LogP contribution in [0.3, 0.4) is 0 Å². The van der Waals surface area contributed by atoms with Gasteiger partial charge in [-0.05, 0) is 36.7 Å². The summed E-state index contributed by atoms with van der Waals surface area (Å²) in [5.74, 6) is 0.950. The first-order chi connectivity index (χ1) is 12.1. The Bertz CT molecular complexity index is 604. The van der Waals surface area contributed by atoms with Crippen molar-refractivity contribution in [2.75, 3.05) is 13.1 Å². The Kier molecular flexibility index (Phi) is 5.74. The van der Waals surface area contributed by atoms with Gasteiger partial charge in [-0.25, -0.2) is 0 Å². The fraction of sp³-hybridized carbons (Fsp3) is 0.600. The van der Waals surface area contributed by atoms with E-state index in [4.69, 9.17) is 5.73 Å². The van der Waals surface area contributed by atoms with Crippen molar-refractivity contribution in [1.29, 1.82) is 0 Å². The average molecular weight is 343 g/mol. The smallest absolute Gasteiger partial charge is 0.245 e. The molecule has 1 aromatic carbocycles. The lowest BCUT2D eigenvalue weighted by atomic mass is 9.98. The topological polar surface area (TPSA) is 75.4 Å². The zero-order valence-corrected chi connectivity index (χ0v) is 15.0. The number of likely N-dealkylation sites (tertiary alicyclic amines) is 1. The Balaban J connectivity index is 1.58. The first-order valence-electron chi connectivity index (χ1n) is 9.46. The number of nitrogens with one attached hydrogen (secondary N) is 1. The summed E-state index contributed by atoms with van der Waals surface area (Å²) in [6, 6.07) is 9.43. The van der Waals surface area contributed by atoms with Crippen LogP contribution in [0.1, 0.15) is 38.2 Å². The van der Waals surface area contributed by atoms with Crippen LogP contribution in [-0.2, 0) is 16.0 Å². The number of hydrogen-bond acceptors (Lipinski definition) is 3. The molecular formula is C20H29N3O2. The summed E-state index contributed by atoms with van der Waals surface area (Å²) >= 11 is 0. The molecule has 2 fully saturated rings. The molecule has 1 aliphatic heterocycles. The fourth-order valence-corrected chi connectivity index (χ4v) is 4.28. The minimum Gasteiger partial charge on any atom is -0.344 e. The fourth-order valence-electron chi connectivity index (χ4n) is 4.28. The third-order valence-electron chi connectivity index (χ3n) is 5.64. The second-order valence-corrected chi connectivity index (χ2v) is 7.48. The van der Waals surface area contributed by atoms with Crippen LogP contribution in [-0.4, -0.2) is 41.9 Å². The first kappa shape index (κ1) is 17.9. The summed E-state index contributed by atoms with van der Waals surface area (Å²) in [7, 11) is 0. The zero-order valence-electron chi connectivity index (χ0n) is 15.0. The molecule has 3 rings (SSSR count). The molecule has 5 heteroatoms. The monoisotopic (exact) mass is 343 g/mol. The Morgan fingerprint density at radius 3 is 2.68 bits per heavy atom. The van der Waals surface area contributed by atoms with E-state index in [0.29, 0.717) is 24.7 Å². The number of fused-ring (bicyclic) bond motifs is 1. The maximum Gasteiger partial charge on any atom is 0.245 e. The van der Waals surface area contributed by atoms with Crippen molar-refractivity contribution < 1.29 is 9.59 Å². The van der Waals surface area contributed by atoms with Crippen molar-refractivity contribution in [3.8, 4) is 0 Å². The van der Waals surface area contributed by atoms with E-state index in [1.165, 1.54) is 0 Å². The predicted octanol–water partition coefficient (Wildman–Crippen LogP) is 1.71. The Labute approximate surface area is 150 Å². The highest BCUT2D eigenvalue weighted by molar-refractivity contribution is 5.88. The highest BCUT2D eigenvalue weighted by Gasteiger charge is 2.43. The molecule has 0 spiro atoms. The van der Waals surface area contributed by atoms with Gasteiger partial charge >= 0.3 is 0 Å². The zero-order chi connectivity index (χ0) is 17.8. The third-order valence-corrected chi connectivity index (χ3v) is 5.64. The van der Waals surface area contributed by atoms with Gasteiger partial charge in [0.05, 0.1) is 6.42 Å². The van der Waals surface area contributed by atoms with Gasteiger partial charge in [0.1, 0.15) is 6.04 Å². The highest BCUT2D eigenvalue weighted by Crippen LogP contribution is 2.37. The Morgan fingerprint density at radius 2 is 2.00 bits per heavy atom. The lowest BCUT2D eigenvalue weighted by Crippen LogP contribution is -2.48. The maximum absolute atomic E-state index is 12.9. The number of benzene rings is 1. The molecule has 2 amide bonds. The molecule has 1 aliphatic carbocycles. The van der Waals surface area contributed by atoms with E-state index in [9.17, 15) is 9.59 Å². The van der Waals surface area contributed by atoms with Gasteiger partial charge in [0.2, 0.25) is 11.8 Å². The lowest BCUT2D eigenvalue weighted by molar-refractivity contribution is -0.136. The minimum absolute atomic E-state index is 0.0601. The molecule has 4 unspecified atom stereocenters. The maximum atomic E-state index is 12.9. The van der Waals surface area contributed by atoms with Gasteiger partial charge in [0, 0.05) is 19.1 Å². The van der Waals surface area contributed by atoms with Crippen LogP contribution in [0.25, 0.3) is 0 Å². The molecule has 4 atom stereocenters. The molecule has 3 N–H and O–H groups in total. The lowest BCUT2D eigenvalue weighted by Gasteiger charge is -2.25. The van der Waals surface area contributed by atoms with E-state index in [-0.39, 0.29) is 17.9 Å². The number of hydrogen-bond donors (Lipinski definition) is 2. The Hall–Kier alpha value is -1.88. The largest absolute Gasteiger partial charge is 0.344 e. The minimum atomic E-state index is -0.420. The van der Waals surface area contributed by atoms with Crippen LogP contribution in [0.5, 0.6) is 0 Å². The summed E-state index contributed by atoms with van der Waals surface area (Å²) < 4.78 is 0. The molecule has 1 aromatic rings. The van der Waals surface area contributed by atoms with Crippen LogP contribution < -0.4 is 11.1 Å². The van der Waals surface area contributed by atoms with E-state index in [2.05, 4.69) is 5.32 Å². The predicted molar refractivity (Wildman–Crippen MR) is 97.8 cm³/mol. The summed E-state index contributed by atoms with van der Waals surface area (Å²) in [6.07, 6.45) is 4.04. The first-order valence-corrected chi connectivity index (χ1v) is 9.46. The summed E-state index contributed by atoms with van der Waals surface area (Å²) in [5.41, 5.74) is 7.14. The SMILES string of the molecule is CCCC(NC(=O)Cc1ccccc1)C(=O)N1CC2CCC(N)C2C1. The quantitative estimate of drug-likeness (QED) is 0.826. The van der Waals surface area contributed by atoms with Crippen LogP contribution in [0.15, 0.2) is 30.3 Å². The van der Waals surface area contributed by atoms with Crippen LogP contribution in [0.4, 0.5) is 0 Å². The van der Waals surface area contributed by atoms with Crippen LogP contribution in [0, 0.1) is 11.8 Å². The molecule has 0 aromatic heterocycles. The highest BCUT2D eigenvalue weighted by atomic mass is 16.2. The van der Waals surface area contributed by atoms with Crippen LogP contribution >= 0.6 is 0 Å². The third kappa shape index (κ3) is 4.21. The number of rotatable bonds is 6. The molecule has 5 nitrogen and oxygen atoms in total. The molecule has 1 saturated heterocycles. The average Bonchev–Trinajstić information content (AvgIpc) is 3.17. The molecule has 0 bridgehead atoms. The van der Waals surface area contributed by atoms with E-state index in [1.807, 2.05) is 42.2 Å². The molecule has 2 aliphatic rings. The number of carbonyl (C=O) groups is 2. The van der Waals surface area contributed by atoms with Crippen molar-refractivity contribution in [3.63, 3.8) is 0 Å². The molecular weight excluding hydrogens is 314 g/mol. The van der Waals surface area contributed by atoms with Gasteiger partial charge in [0.25, 0.3) is 0 Å². The molecule has 0 radical (unpaired) electrons. The van der Waals surface area contributed by atoms with Crippen molar-refractivity contribution in [2.24, 2.45) is 17.6 Å². The van der Waals surface area contributed by atoms with Crippen molar-refractivity contribution >= 4 is 11.8 Å². The molecule has 1 heterocycles. The number of carbonyl (C=O) groups excluding carboxylic acids is 2. The van der Waals surface area contributed by atoms with Crippen molar-refractivity contribution in [3.05, 3.63) is 35.9 Å². The van der Waals surface area contributed by atoms with E-state index in [0.717, 1.165) is 37.9 Å². The van der Waals surface area contributed by atoms with Crippen molar-refractivity contribution in [2.45, 2.75) is 51.1 Å². The van der Waals surface area contributed by atoms with Gasteiger partial charge in [-0.3, -0.25) is 9.59 Å². The molecule has 25 heavy (non-hydrogen) atoms. The normalized spacial score (nSPS) is 26.3. The second-order valence-electron chi connectivity index (χ2n) is 7.48. The van der Waals surface area contributed by atoms with E-state index >= 15 is 0 Å². The van der Waals surface area contributed by atoms with Gasteiger partial charge in [-0.1, -0.05) is 43.7 Å². The Morgan fingerprint density at radius 1 is 1.24 bits per heavy atom. The van der Waals surface area contributed by atoms with Gasteiger partial charge in [-0.15, -0.1) is 0 Å². The van der Waals surface area contributed by atoms with Crippen LogP contribution in [0.2, 0.25) is 0 Å². The van der Waals surface area contributed by atoms with Gasteiger partial charge < -0.3 is 16.0 Å². The number of nitrogens with zero attached hydrogens (tertiary/aromatic N) is 1. The van der Waals surface area contributed by atoms with Gasteiger partial charge in [0.15, 0.2) is 0 Å². The van der Waals surface area contributed by atoms with Gasteiger partial charge in [-0.2, -0.15) is 0 Å². The number of amides is 2. The summed E-state index contributed by atoms with van der Waals surface area (Å²) in [4.78, 5) is 27.2. The standard InChI is InChI=1S/C20H29N3O2/c1-2-6-18(22-19(24)11-14-7-4-3-5-8-14)20(25)23-12-15-9-10-17(21)16(15)13-23/h3-5,7-8,15-18H,2,6,9-13,21H2,1H3,(H,22,24). The molecule has 1 saturated carbocycles. The van der Waals surface area contributed by atoms with E-state index < -0.39 is 6.04 Å². The summed E-state index contributed by atoms with van der Waals surface area (Å²) in [6.45, 7) is 3.59. The number of nitrogens with two attached hydrogens (primary N) is 1. The summed E-state index contributed by atoms with van der Waals surface area (Å²) in [5, 5.41) is 2.96. The van der Waals surface area contributed by atoms with Crippen molar-refractivity contribution in [1.82, 2.24) is 10.2 Å².